The number of carboxylic acid groups (broad SMARTS) is 2. The van der Waals surface area contributed by atoms with Crippen molar-refractivity contribution in [2.24, 2.45) is 5.73 Å². The average Bonchev–Trinajstić information content (AvgIpc) is 3.80. The van der Waals surface area contributed by atoms with Gasteiger partial charge in [-0.3, -0.25) is 19.2 Å². The summed E-state index contributed by atoms with van der Waals surface area (Å²) in [4.78, 5) is 56.1. The third kappa shape index (κ3) is 13.8. The molecule has 13 heteroatoms. The fourth-order valence-corrected chi connectivity index (χ4v) is 7.79. The number of hydrogen-bond donors (Lipinski definition) is 3. The number of fused-ring (bicyclic) bond motifs is 6. The Balaban J connectivity index is 0.000000194. The van der Waals surface area contributed by atoms with Crippen LogP contribution < -0.4 is 5.73 Å². The predicted molar refractivity (Wildman–Crippen MR) is 253 cm³/mol. The number of ether oxygens (including phenoxy) is 2. The first-order valence-corrected chi connectivity index (χ1v) is 22.0. The molecule has 0 unspecified atom stereocenters. The lowest BCUT2D eigenvalue weighted by molar-refractivity contribution is -0.141. The molecule has 0 atom stereocenters. The first-order valence-electron chi connectivity index (χ1n) is 20.4. The zero-order chi connectivity index (χ0) is 46.0. The van der Waals surface area contributed by atoms with Gasteiger partial charge in [-0.2, -0.15) is 0 Å². The van der Waals surface area contributed by atoms with Crippen molar-refractivity contribution in [2.45, 2.75) is 38.1 Å². The SMILES string of the molecule is CC(=O)OCC1c2ccccc2-c2ccccc21.NCCC(=O)O.O=C(O)CCN(Cc1ccc(Br)cc1)C(=O)OCC1c2ccccc2-c2ccccc21.O=Cc1ccc(Br)cc1. The summed E-state index contributed by atoms with van der Waals surface area (Å²) < 4.78 is 12.8. The predicted octanol–water partition coefficient (Wildman–Crippen LogP) is 10.7. The molecule has 1 amide bonds. The molecule has 8 rings (SSSR count). The van der Waals surface area contributed by atoms with E-state index < -0.39 is 18.0 Å². The summed E-state index contributed by atoms with van der Waals surface area (Å²) in [6.45, 7) is 2.68. The van der Waals surface area contributed by atoms with Crippen molar-refractivity contribution in [3.63, 3.8) is 0 Å². The summed E-state index contributed by atoms with van der Waals surface area (Å²) in [6, 6.07) is 47.7. The highest BCUT2D eigenvalue weighted by Crippen LogP contribution is 2.45. The molecule has 6 aromatic carbocycles. The van der Waals surface area contributed by atoms with Gasteiger partial charge in [-0.25, -0.2) is 4.79 Å². The third-order valence-electron chi connectivity index (χ3n) is 10.3. The maximum absolute atomic E-state index is 12.9. The number of esters is 1. The number of carbonyl (C=O) groups is 5. The Morgan fingerprint density at radius 2 is 0.984 bits per heavy atom. The Morgan fingerprint density at radius 1 is 0.594 bits per heavy atom. The van der Waals surface area contributed by atoms with Crippen LogP contribution in [0.5, 0.6) is 0 Å². The van der Waals surface area contributed by atoms with Crippen molar-refractivity contribution in [3.8, 4) is 22.3 Å². The highest BCUT2D eigenvalue weighted by Gasteiger charge is 2.30. The lowest BCUT2D eigenvalue weighted by Crippen LogP contribution is -2.34. The molecule has 0 spiro atoms. The molecule has 0 radical (unpaired) electrons. The second-order valence-electron chi connectivity index (χ2n) is 14.6. The van der Waals surface area contributed by atoms with Crippen LogP contribution in [0, 0.1) is 0 Å². The Kier molecular flexibility index (Phi) is 18.6. The third-order valence-corrected chi connectivity index (χ3v) is 11.3. The zero-order valence-corrected chi connectivity index (χ0v) is 38.2. The second kappa shape index (κ2) is 24.4. The first-order chi connectivity index (χ1) is 30.9. The average molecular weight is 993 g/mol. The molecule has 0 fully saturated rings. The van der Waals surface area contributed by atoms with Crippen LogP contribution in [-0.2, 0) is 30.4 Å². The Hall–Kier alpha value is -6.41. The summed E-state index contributed by atoms with van der Waals surface area (Å²) in [6.07, 6.45) is 0.249. The largest absolute Gasteiger partial charge is 0.481 e. The molecule has 0 aliphatic heterocycles. The van der Waals surface area contributed by atoms with Gasteiger partial charge in [0, 0.05) is 52.9 Å². The molecule has 0 saturated carbocycles. The molecule has 330 valence electrons. The number of amides is 1. The summed E-state index contributed by atoms with van der Waals surface area (Å²) in [5, 5.41) is 16.9. The molecule has 11 nitrogen and oxygen atoms in total. The molecule has 0 saturated heterocycles. The minimum atomic E-state index is -0.952. The number of nitrogens with zero attached hydrogens (tertiary/aromatic N) is 1. The van der Waals surface area contributed by atoms with E-state index in [1.807, 2.05) is 84.9 Å². The van der Waals surface area contributed by atoms with E-state index in [4.69, 9.17) is 25.4 Å². The second-order valence-corrected chi connectivity index (χ2v) is 16.5. The summed E-state index contributed by atoms with van der Waals surface area (Å²) in [5.41, 5.74) is 16.1. The highest BCUT2D eigenvalue weighted by atomic mass is 79.9. The molecule has 64 heavy (non-hydrogen) atoms. The molecule has 2 aliphatic carbocycles. The number of carbonyl (C=O) groups excluding carboxylic acids is 3. The van der Waals surface area contributed by atoms with Crippen LogP contribution >= 0.6 is 31.9 Å². The van der Waals surface area contributed by atoms with Crippen LogP contribution in [0.4, 0.5) is 4.79 Å². The highest BCUT2D eigenvalue weighted by molar-refractivity contribution is 9.10. The number of aldehydes is 1. The molecule has 4 N–H and O–H groups in total. The van der Waals surface area contributed by atoms with Crippen LogP contribution in [0.3, 0.4) is 0 Å². The van der Waals surface area contributed by atoms with Gasteiger partial charge in [-0.05, 0) is 74.3 Å². The lowest BCUT2D eigenvalue weighted by Gasteiger charge is -2.23. The van der Waals surface area contributed by atoms with Crippen LogP contribution in [0.1, 0.15) is 69.8 Å². The van der Waals surface area contributed by atoms with Gasteiger partial charge in [0.05, 0.1) is 12.8 Å². The fourth-order valence-electron chi connectivity index (χ4n) is 7.27. The van der Waals surface area contributed by atoms with Crippen molar-refractivity contribution in [1.82, 2.24) is 4.90 Å². The topological polar surface area (TPSA) is 174 Å². The van der Waals surface area contributed by atoms with Gasteiger partial charge >= 0.3 is 24.0 Å². The molecule has 0 bridgehead atoms. The lowest BCUT2D eigenvalue weighted by atomic mass is 9.98. The van der Waals surface area contributed by atoms with E-state index >= 15 is 0 Å². The van der Waals surface area contributed by atoms with Crippen molar-refractivity contribution in [3.05, 3.63) is 188 Å². The standard InChI is InChI=1S/C25H22BrNO4.C16H14O2.C7H5BrO.C3H7NO2/c26-18-11-9-17(10-12-18)15-27(14-13-24(28)29)25(30)31-16-23-21-7-3-1-5-19(21)20-6-2-4-8-22(20)23;1-11(17)18-10-16-14-8-4-2-6-12(14)13-7-3-5-9-15(13)16;8-7-3-1-6(5-9)2-4-7;4-2-1-3(5)6/h1-12,23H,13-16H2,(H,28,29);2-9,16H,10H2,1H3;1-5H;1-2,4H2,(H,5,6). The molecule has 0 aromatic heterocycles. The van der Waals surface area contributed by atoms with E-state index in [0.717, 1.165) is 43.0 Å². The zero-order valence-electron chi connectivity index (χ0n) is 35.1. The van der Waals surface area contributed by atoms with Crippen molar-refractivity contribution in [1.29, 1.82) is 0 Å². The van der Waals surface area contributed by atoms with Gasteiger partial charge in [-0.15, -0.1) is 0 Å². The van der Waals surface area contributed by atoms with Gasteiger partial charge < -0.3 is 30.3 Å². The molecule has 0 heterocycles. The van der Waals surface area contributed by atoms with E-state index in [0.29, 0.717) is 12.2 Å². The summed E-state index contributed by atoms with van der Waals surface area (Å²) in [5.74, 6) is -1.88. The number of nitrogens with two attached hydrogens (primary N) is 1. The van der Waals surface area contributed by atoms with Gasteiger partial charge in [0.2, 0.25) is 0 Å². The minimum absolute atomic E-state index is 0.0367. The smallest absolute Gasteiger partial charge is 0.410 e. The van der Waals surface area contributed by atoms with Gasteiger partial charge in [0.25, 0.3) is 0 Å². The number of hydrogen-bond acceptors (Lipinski definition) is 8. The number of aliphatic carboxylic acids is 2. The van der Waals surface area contributed by atoms with Crippen LogP contribution in [0.2, 0.25) is 0 Å². The molecule has 6 aromatic rings. The van der Waals surface area contributed by atoms with E-state index in [1.165, 1.54) is 34.1 Å². The van der Waals surface area contributed by atoms with Crippen molar-refractivity contribution >= 4 is 62.1 Å². The Morgan fingerprint density at radius 3 is 1.34 bits per heavy atom. The van der Waals surface area contributed by atoms with E-state index in [-0.39, 0.29) is 56.9 Å². The van der Waals surface area contributed by atoms with Crippen LogP contribution in [0.25, 0.3) is 22.3 Å². The maximum atomic E-state index is 12.9. The van der Waals surface area contributed by atoms with E-state index in [1.54, 1.807) is 12.1 Å². The van der Waals surface area contributed by atoms with E-state index in [9.17, 15) is 24.0 Å². The molecular formula is C51H48Br2N2O9. The van der Waals surface area contributed by atoms with Crippen molar-refractivity contribution < 1.29 is 43.7 Å². The summed E-state index contributed by atoms with van der Waals surface area (Å²) >= 11 is 6.66. The molecular weight excluding hydrogens is 944 g/mol. The number of carboxylic acids is 2. The maximum Gasteiger partial charge on any atom is 0.410 e. The fraction of sp³-hybridized carbons (Fsp3) is 0.196. The van der Waals surface area contributed by atoms with E-state index in [2.05, 4.69) is 80.4 Å². The van der Waals surface area contributed by atoms with Gasteiger partial charge in [0.15, 0.2) is 0 Å². The van der Waals surface area contributed by atoms with Gasteiger partial charge in [0.1, 0.15) is 19.5 Å². The monoisotopic (exact) mass is 990 g/mol. The quantitative estimate of drug-likeness (QED) is 0.0791. The van der Waals surface area contributed by atoms with Gasteiger partial charge in [-0.1, -0.05) is 153 Å². The van der Waals surface area contributed by atoms with Crippen LogP contribution in [-0.4, -0.2) is 71.7 Å². The van der Waals surface area contributed by atoms with Crippen LogP contribution in [0.15, 0.2) is 155 Å². The summed E-state index contributed by atoms with van der Waals surface area (Å²) in [7, 11) is 0. The molecule has 2 aliphatic rings. The normalized spacial score (nSPS) is 11.6. The van der Waals surface area contributed by atoms with Crippen molar-refractivity contribution in [2.75, 3.05) is 26.3 Å². The Labute approximate surface area is 389 Å². The first kappa shape index (κ1) is 48.6. The minimum Gasteiger partial charge on any atom is -0.481 e. The number of benzene rings is 6. The number of rotatable bonds is 12. The number of halogens is 2. The Bertz CT molecular complexity index is 2440.